The largest absolute Gasteiger partial charge is 0.489 e. The molecule has 0 aromatic heterocycles. The Balaban J connectivity index is 1.59. The van der Waals surface area contributed by atoms with Gasteiger partial charge in [-0.15, -0.1) is 13.2 Å². The summed E-state index contributed by atoms with van der Waals surface area (Å²) in [5.41, 5.74) is 1.91. The first-order chi connectivity index (χ1) is 23.4. The molecule has 2 atom stereocenters. The van der Waals surface area contributed by atoms with E-state index in [2.05, 4.69) is 25.3 Å². The quantitative estimate of drug-likeness (QED) is 0.0639. The molecule has 6 aromatic rings. The highest BCUT2D eigenvalue weighted by Gasteiger charge is 2.23. The van der Waals surface area contributed by atoms with E-state index in [1.807, 2.05) is 72.8 Å². The molecule has 0 bridgehead atoms. The summed E-state index contributed by atoms with van der Waals surface area (Å²) in [6, 6.07) is 27.6. The average Bonchev–Trinajstić information content (AvgIpc) is 3.09. The van der Waals surface area contributed by atoms with Gasteiger partial charge in [-0.25, -0.2) is 0 Å². The van der Waals surface area contributed by atoms with Gasteiger partial charge in [-0.1, -0.05) is 83.9 Å². The van der Waals surface area contributed by atoms with Crippen molar-refractivity contribution >= 4 is 66.3 Å². The molecule has 0 aliphatic rings. The van der Waals surface area contributed by atoms with Crippen LogP contribution in [0.1, 0.15) is 0 Å². The zero-order valence-electron chi connectivity index (χ0n) is 26.3. The van der Waals surface area contributed by atoms with Crippen molar-refractivity contribution in [2.45, 2.75) is 12.2 Å². The summed E-state index contributed by atoms with van der Waals surface area (Å²) in [6.07, 6.45) is 1.61. The molecule has 0 aliphatic carbocycles. The molecule has 2 N–H and O–H groups in total. The lowest BCUT2D eigenvalue weighted by atomic mass is 9.85. The zero-order chi connectivity index (χ0) is 33.6. The van der Waals surface area contributed by atoms with E-state index in [1.54, 1.807) is 12.2 Å². The minimum atomic E-state index is -0.833. The number of halogens is 2. The molecular weight excluding hydrogens is 647 g/mol. The Bertz CT molecular complexity index is 1960. The van der Waals surface area contributed by atoms with Crippen molar-refractivity contribution in [3.05, 3.63) is 120 Å². The number of ether oxygens (including phenoxy) is 4. The summed E-state index contributed by atoms with van der Waals surface area (Å²) in [5.74, 6) is 1.28. The fourth-order valence-corrected chi connectivity index (χ4v) is 6.45. The predicted molar refractivity (Wildman–Crippen MR) is 197 cm³/mol. The van der Waals surface area contributed by atoms with Crippen LogP contribution in [-0.2, 0) is 9.47 Å². The highest BCUT2D eigenvalue weighted by Crippen LogP contribution is 2.50. The van der Waals surface area contributed by atoms with Gasteiger partial charge in [0.25, 0.3) is 0 Å². The first-order valence-electron chi connectivity index (χ1n) is 15.7. The molecule has 6 aromatic carbocycles. The highest BCUT2D eigenvalue weighted by molar-refractivity contribution is 6.34. The minimum absolute atomic E-state index is 0.0379. The maximum Gasteiger partial charge on any atom is 0.135 e. The lowest BCUT2D eigenvalue weighted by Crippen LogP contribution is -2.23. The molecular formula is C40H36Cl2O6. The molecule has 0 amide bonds. The van der Waals surface area contributed by atoms with Crippen molar-refractivity contribution in [2.24, 2.45) is 0 Å². The van der Waals surface area contributed by atoms with E-state index in [-0.39, 0.29) is 26.4 Å². The van der Waals surface area contributed by atoms with Crippen LogP contribution in [0, 0.1) is 0 Å². The maximum atomic E-state index is 10.6. The van der Waals surface area contributed by atoms with Gasteiger partial charge >= 0.3 is 0 Å². The average molecular weight is 684 g/mol. The maximum absolute atomic E-state index is 10.6. The summed E-state index contributed by atoms with van der Waals surface area (Å²) >= 11 is 13.4. The molecule has 48 heavy (non-hydrogen) atoms. The first-order valence-corrected chi connectivity index (χ1v) is 16.4. The number of aliphatic hydroxyl groups excluding tert-OH is 2. The molecule has 6 nitrogen and oxygen atoms in total. The Morgan fingerprint density at radius 2 is 0.896 bits per heavy atom. The van der Waals surface area contributed by atoms with Crippen LogP contribution in [0.2, 0.25) is 10.0 Å². The van der Waals surface area contributed by atoms with Crippen LogP contribution >= 0.6 is 23.2 Å². The molecule has 8 heteroatoms. The number of benzene rings is 6. The van der Waals surface area contributed by atoms with E-state index in [4.69, 9.17) is 42.1 Å². The molecule has 0 spiro atoms. The van der Waals surface area contributed by atoms with Crippen molar-refractivity contribution in [3.8, 4) is 22.6 Å². The Morgan fingerprint density at radius 3 is 1.29 bits per heavy atom. The monoisotopic (exact) mass is 682 g/mol. The van der Waals surface area contributed by atoms with Gasteiger partial charge in [0, 0.05) is 31.6 Å². The van der Waals surface area contributed by atoms with Gasteiger partial charge in [0.1, 0.15) is 36.9 Å². The van der Waals surface area contributed by atoms with Crippen molar-refractivity contribution < 1.29 is 29.2 Å². The third-order valence-electron chi connectivity index (χ3n) is 8.06. The minimum Gasteiger partial charge on any atom is -0.489 e. The van der Waals surface area contributed by atoms with Crippen molar-refractivity contribution in [3.63, 3.8) is 0 Å². The Hall–Kier alpha value is -4.14. The summed E-state index contributed by atoms with van der Waals surface area (Å²) < 4.78 is 23.6. The molecule has 6 rings (SSSR count). The van der Waals surface area contributed by atoms with Crippen molar-refractivity contribution in [1.82, 2.24) is 0 Å². The SMILES string of the molecule is C=CCOCC(O)COc1c2ccccc2c(-c2c3ccccc3c(OCC(O)COCC=C)c3ccc(Cl)cc23)c2cc(Cl)ccc12. The molecule has 0 saturated carbocycles. The third kappa shape index (κ3) is 7.01. The van der Waals surface area contributed by atoms with Crippen LogP contribution in [0.3, 0.4) is 0 Å². The van der Waals surface area contributed by atoms with E-state index in [0.29, 0.717) is 34.8 Å². The van der Waals surface area contributed by atoms with E-state index in [9.17, 15) is 10.2 Å². The molecule has 0 radical (unpaired) electrons. The number of fused-ring (bicyclic) bond motifs is 4. The van der Waals surface area contributed by atoms with Crippen molar-refractivity contribution in [1.29, 1.82) is 0 Å². The number of hydrogen-bond donors (Lipinski definition) is 2. The second kappa shape index (κ2) is 15.4. The van der Waals surface area contributed by atoms with Crippen LogP contribution in [-0.4, -0.2) is 62.1 Å². The predicted octanol–water partition coefficient (Wildman–Crippen LogP) is 9.16. The summed E-state index contributed by atoms with van der Waals surface area (Å²) in [5, 5.41) is 29.5. The van der Waals surface area contributed by atoms with E-state index in [1.165, 1.54) is 0 Å². The Morgan fingerprint density at radius 1 is 0.521 bits per heavy atom. The topological polar surface area (TPSA) is 77.4 Å². The van der Waals surface area contributed by atoms with Gasteiger partial charge < -0.3 is 29.2 Å². The van der Waals surface area contributed by atoms with Gasteiger partial charge in [0.15, 0.2) is 0 Å². The lowest BCUT2D eigenvalue weighted by molar-refractivity contribution is 0.0220. The molecule has 0 aliphatic heterocycles. The smallest absolute Gasteiger partial charge is 0.135 e. The van der Waals surface area contributed by atoms with E-state index < -0.39 is 12.2 Å². The fourth-order valence-electron chi connectivity index (χ4n) is 6.10. The van der Waals surface area contributed by atoms with Crippen LogP contribution < -0.4 is 9.47 Å². The number of rotatable bonds is 15. The molecule has 0 heterocycles. The first kappa shape index (κ1) is 33.7. The fraction of sp³-hybridized carbons (Fsp3) is 0.200. The van der Waals surface area contributed by atoms with Gasteiger partial charge in [0.2, 0.25) is 0 Å². The number of aliphatic hydroxyl groups is 2. The van der Waals surface area contributed by atoms with Crippen LogP contribution in [0.5, 0.6) is 11.5 Å². The van der Waals surface area contributed by atoms with Gasteiger partial charge in [-0.05, 0) is 69.1 Å². The van der Waals surface area contributed by atoms with E-state index in [0.717, 1.165) is 54.2 Å². The molecule has 246 valence electrons. The second-order valence-corrected chi connectivity index (χ2v) is 12.3. The van der Waals surface area contributed by atoms with E-state index >= 15 is 0 Å². The van der Waals surface area contributed by atoms with Crippen LogP contribution in [0.25, 0.3) is 54.2 Å². The summed E-state index contributed by atoms with van der Waals surface area (Å²) in [6.45, 7) is 8.32. The van der Waals surface area contributed by atoms with Gasteiger partial charge in [0.05, 0.1) is 26.4 Å². The lowest BCUT2D eigenvalue weighted by Gasteiger charge is -2.23. The second-order valence-electron chi connectivity index (χ2n) is 11.5. The molecule has 0 saturated heterocycles. The Labute approximate surface area is 289 Å². The Kier molecular flexibility index (Phi) is 10.8. The van der Waals surface area contributed by atoms with Gasteiger partial charge in [-0.2, -0.15) is 0 Å². The summed E-state index contributed by atoms with van der Waals surface area (Å²) in [4.78, 5) is 0. The van der Waals surface area contributed by atoms with Crippen molar-refractivity contribution in [2.75, 3.05) is 39.6 Å². The van der Waals surface area contributed by atoms with Crippen LogP contribution in [0.4, 0.5) is 0 Å². The standard InChI is InChI=1S/C40H36Cl2O6/c1-3-17-45-21-27(43)23-47-39-31-11-7-5-9-29(31)37(35-19-25(41)13-15-33(35)39)38-30-10-6-8-12-32(30)40(34-16-14-26(42)20-36(34)38)48-24-28(44)22-46-18-4-2/h3-16,19-20,27-28,43-44H,1-2,17-18,21-24H2. The van der Waals surface area contributed by atoms with Gasteiger partial charge in [-0.3, -0.25) is 0 Å². The highest BCUT2D eigenvalue weighted by atomic mass is 35.5. The molecule has 2 unspecified atom stereocenters. The zero-order valence-corrected chi connectivity index (χ0v) is 27.8. The number of hydrogen-bond acceptors (Lipinski definition) is 6. The normalized spacial score (nSPS) is 12.8. The third-order valence-corrected chi connectivity index (χ3v) is 8.53. The molecule has 0 fully saturated rings. The summed E-state index contributed by atoms with van der Waals surface area (Å²) in [7, 11) is 0. The van der Waals surface area contributed by atoms with Crippen LogP contribution in [0.15, 0.2) is 110 Å².